The second-order valence-corrected chi connectivity index (χ2v) is 15.4. The molecule has 1 aliphatic carbocycles. The van der Waals surface area contributed by atoms with E-state index in [1.807, 2.05) is 31.2 Å². The van der Waals surface area contributed by atoms with E-state index in [0.717, 1.165) is 30.7 Å². The van der Waals surface area contributed by atoms with Crippen LogP contribution in [-0.4, -0.2) is 47.7 Å². The third kappa shape index (κ3) is 4.23. The smallest absolute Gasteiger partial charge is 0.347 e. The van der Waals surface area contributed by atoms with Gasteiger partial charge >= 0.3 is 11.4 Å². The first-order valence-electron chi connectivity index (χ1n) is 15.5. The first kappa shape index (κ1) is 31.8. The number of phenols is 1. The number of imide groups is 1. The van der Waals surface area contributed by atoms with E-state index >= 15 is 0 Å². The second kappa shape index (κ2) is 10.8. The summed E-state index contributed by atoms with van der Waals surface area (Å²) in [6.07, 6.45) is 2.00. The topological polar surface area (TPSA) is 134 Å². The van der Waals surface area contributed by atoms with Crippen LogP contribution in [0.5, 0.6) is 11.5 Å². The molecule has 2 aliphatic heterocycles. The average Bonchev–Trinajstić information content (AvgIpc) is 3.73. The Balaban J connectivity index is 1.30. The number of aromatic hydroxyl groups is 1. The predicted octanol–water partition coefficient (Wildman–Crippen LogP) is 5.27. The summed E-state index contributed by atoms with van der Waals surface area (Å²) in [5.74, 6) is -2.02. The molecule has 49 heavy (non-hydrogen) atoms. The summed E-state index contributed by atoms with van der Waals surface area (Å²) in [4.78, 5) is 58.2. The van der Waals surface area contributed by atoms with Crippen LogP contribution in [0, 0.1) is 18.3 Å². The fraction of sp³-hybridized carbons (Fsp3) is 0.324. The van der Waals surface area contributed by atoms with Crippen LogP contribution in [0.3, 0.4) is 0 Å². The summed E-state index contributed by atoms with van der Waals surface area (Å²) in [5.41, 5.74) is 0.684. The molecule has 4 atom stereocenters. The number of hydrogen-bond acceptors (Lipinski definition) is 8. The Morgan fingerprint density at radius 1 is 1.10 bits per heavy atom. The number of nitrogens with zero attached hydrogens (tertiary/aromatic N) is 6. The van der Waals surface area contributed by atoms with Gasteiger partial charge in [0.25, 0.3) is 0 Å². The van der Waals surface area contributed by atoms with Gasteiger partial charge in [0.05, 0.1) is 40.4 Å². The fourth-order valence-corrected chi connectivity index (χ4v) is 9.89. The Morgan fingerprint density at radius 2 is 1.86 bits per heavy atom. The summed E-state index contributed by atoms with van der Waals surface area (Å²) < 4.78 is 12.3. The van der Waals surface area contributed by atoms with Crippen LogP contribution in [-0.2, 0) is 30.2 Å². The largest absolute Gasteiger partial charge is 0.503 e. The number of thiophene rings is 1. The van der Waals surface area contributed by atoms with Gasteiger partial charge in [-0.25, -0.2) is 28.4 Å². The number of carbonyl (C=O) groups excluding carboxylic acids is 2. The number of carbonyl (C=O) groups is 2. The Labute approximate surface area is 296 Å². The Hall–Kier alpha value is -4.40. The molecule has 1 saturated heterocycles. The zero-order valence-corrected chi connectivity index (χ0v) is 30.2. The molecule has 3 aromatic heterocycles. The zero-order chi connectivity index (χ0) is 34.8. The zero-order valence-electron chi connectivity index (χ0n) is 27.0. The summed E-state index contributed by atoms with van der Waals surface area (Å²) in [6.45, 7) is 3.90. The van der Waals surface area contributed by atoms with Gasteiger partial charge in [-0.2, -0.15) is 5.10 Å². The Bertz CT molecular complexity index is 2450. The lowest BCUT2D eigenvalue weighted by atomic mass is 9.56. The van der Waals surface area contributed by atoms with Gasteiger partial charge in [0.2, 0.25) is 11.8 Å². The summed E-state index contributed by atoms with van der Waals surface area (Å²) in [7, 11) is 4.56. The van der Waals surface area contributed by atoms with E-state index in [1.165, 1.54) is 28.4 Å². The minimum atomic E-state index is -1.31. The number of allylic oxidation sites excluding steroid dienone is 2. The van der Waals surface area contributed by atoms with E-state index in [9.17, 15) is 24.3 Å². The normalized spacial score (nSPS) is 23.1. The van der Waals surface area contributed by atoms with Gasteiger partial charge < -0.3 is 9.84 Å². The maximum absolute atomic E-state index is 15.0. The molecule has 0 radical (unpaired) electrons. The van der Waals surface area contributed by atoms with E-state index in [1.54, 1.807) is 48.2 Å². The number of phenolic OH excluding ortho intramolecular Hbond substituents is 1. The molecule has 5 aromatic rings. The van der Waals surface area contributed by atoms with Crippen LogP contribution in [0.25, 0.3) is 20.7 Å². The maximum Gasteiger partial charge on any atom is 0.347 e. The van der Waals surface area contributed by atoms with Crippen LogP contribution in [0.2, 0.25) is 5.02 Å². The van der Waals surface area contributed by atoms with Gasteiger partial charge in [-0.3, -0.25) is 14.3 Å². The van der Waals surface area contributed by atoms with Crippen molar-refractivity contribution in [3.8, 4) is 22.1 Å². The molecule has 8 rings (SSSR count). The second-order valence-electron chi connectivity index (χ2n) is 13.0. The standard InChI is InChI=1S/C34H30BrClN6O6S/c1-15-19-12-17(36)6-7-25(19)49-29(15)22-14-26(39(4)37-22)41-30(44)20-13-23-18(8-9-40-32(46)38(3)33(47)42(23)40)27(34(20,2)31(41)45)16-10-21(35)28(43)24(11-16)48-5/h6-8,10-12,14,20,23,27,43H,9,13H2,1-5H3/t20-,23+,27-,34+/m0/s1. The van der Waals surface area contributed by atoms with Crippen LogP contribution in [0.1, 0.15) is 36.4 Å². The van der Waals surface area contributed by atoms with Crippen LogP contribution < -0.4 is 21.0 Å². The maximum atomic E-state index is 15.0. The van der Waals surface area contributed by atoms with E-state index in [4.69, 9.17) is 21.4 Å². The van der Waals surface area contributed by atoms with Crippen molar-refractivity contribution in [3.05, 3.63) is 89.6 Å². The number of fused-ring (bicyclic) bond motifs is 5. The highest BCUT2D eigenvalue weighted by molar-refractivity contribution is 9.10. The van der Waals surface area contributed by atoms with Gasteiger partial charge in [0, 0.05) is 35.8 Å². The van der Waals surface area contributed by atoms with Crippen molar-refractivity contribution in [3.63, 3.8) is 0 Å². The van der Waals surface area contributed by atoms with Crippen LogP contribution >= 0.6 is 38.9 Å². The summed E-state index contributed by atoms with van der Waals surface area (Å²) >= 11 is 11.3. The molecule has 1 saturated carbocycles. The minimum absolute atomic E-state index is 0.109. The highest BCUT2D eigenvalue weighted by Crippen LogP contribution is 2.62. The SMILES string of the molecule is COc1cc([C@H]2C3=CCn4c(=O)n(C)c(=O)n4[C@@H]3C[C@H]3C(=O)N(c4cc(-c5sc6ccc(Cl)cc6c5C)nn4C)C(=O)[C@@]23C)cc(Br)c1O. The molecule has 2 aromatic carbocycles. The van der Waals surface area contributed by atoms with Crippen LogP contribution in [0.15, 0.2) is 62.1 Å². The van der Waals surface area contributed by atoms with E-state index < -0.39 is 46.5 Å². The number of amides is 2. The van der Waals surface area contributed by atoms with E-state index in [-0.39, 0.29) is 24.5 Å². The van der Waals surface area contributed by atoms with Crippen molar-refractivity contribution in [1.29, 1.82) is 0 Å². The van der Waals surface area contributed by atoms with Crippen molar-refractivity contribution >= 4 is 66.6 Å². The number of rotatable bonds is 4. The van der Waals surface area contributed by atoms with E-state index in [0.29, 0.717) is 26.6 Å². The molecule has 0 unspecified atom stereocenters. The highest BCUT2D eigenvalue weighted by atomic mass is 79.9. The highest BCUT2D eigenvalue weighted by Gasteiger charge is 2.66. The van der Waals surface area contributed by atoms with Gasteiger partial charge in [0.1, 0.15) is 11.5 Å². The number of halogens is 2. The summed E-state index contributed by atoms with van der Waals surface area (Å²) in [6, 6.07) is 10.2. The molecular formula is C34H30BrClN6O6S. The lowest BCUT2D eigenvalue weighted by molar-refractivity contribution is -0.129. The molecule has 12 nitrogen and oxygen atoms in total. The van der Waals surface area contributed by atoms with Crippen molar-refractivity contribution in [2.24, 2.45) is 25.4 Å². The van der Waals surface area contributed by atoms with Crippen LogP contribution in [0.4, 0.5) is 5.82 Å². The molecule has 2 fully saturated rings. The molecule has 1 N–H and O–H groups in total. The van der Waals surface area contributed by atoms with Crippen molar-refractivity contribution in [2.75, 3.05) is 12.0 Å². The third-order valence-corrected chi connectivity index (χ3v) is 12.7. The average molecular weight is 766 g/mol. The lowest BCUT2D eigenvalue weighted by Crippen LogP contribution is -2.49. The molecular weight excluding hydrogens is 736 g/mol. The minimum Gasteiger partial charge on any atom is -0.503 e. The Kier molecular flexibility index (Phi) is 7.02. The monoisotopic (exact) mass is 764 g/mol. The lowest BCUT2D eigenvalue weighted by Gasteiger charge is -2.47. The van der Waals surface area contributed by atoms with E-state index in [2.05, 4.69) is 15.9 Å². The third-order valence-electron chi connectivity index (χ3n) is 10.5. The number of ether oxygens (including phenoxy) is 1. The van der Waals surface area contributed by atoms with Gasteiger partial charge in [-0.15, -0.1) is 11.3 Å². The van der Waals surface area contributed by atoms with Crippen molar-refractivity contribution < 1.29 is 19.4 Å². The first-order chi connectivity index (χ1) is 23.3. The number of methoxy groups -OCH3 is 1. The molecule has 3 aliphatic rings. The molecule has 0 bridgehead atoms. The molecule has 252 valence electrons. The number of benzene rings is 2. The number of hydrogen-bond donors (Lipinski definition) is 1. The number of aromatic nitrogens is 5. The molecule has 15 heteroatoms. The van der Waals surface area contributed by atoms with Gasteiger partial charge in [-0.05, 0) is 88.6 Å². The van der Waals surface area contributed by atoms with Crippen molar-refractivity contribution in [2.45, 2.75) is 38.8 Å². The quantitative estimate of drug-likeness (QED) is 0.195. The molecule has 2 amide bonds. The van der Waals surface area contributed by atoms with Gasteiger partial charge in [0.15, 0.2) is 11.5 Å². The fourth-order valence-electron chi connectivity index (χ4n) is 8.12. The number of anilines is 1. The summed E-state index contributed by atoms with van der Waals surface area (Å²) in [5, 5.41) is 17.1. The molecule has 5 heterocycles. The number of aryl methyl sites for hydroxylation is 2. The van der Waals surface area contributed by atoms with Crippen molar-refractivity contribution in [1.82, 2.24) is 23.7 Å². The Morgan fingerprint density at radius 3 is 2.59 bits per heavy atom. The predicted molar refractivity (Wildman–Crippen MR) is 189 cm³/mol. The van der Waals surface area contributed by atoms with Gasteiger partial charge in [-0.1, -0.05) is 17.7 Å². The molecule has 0 spiro atoms. The first-order valence-corrected chi connectivity index (χ1v) is 17.5.